The van der Waals surface area contributed by atoms with Crippen molar-refractivity contribution in [2.75, 3.05) is 25.7 Å². The molecule has 7 nitrogen and oxygen atoms in total. The lowest BCUT2D eigenvalue weighted by molar-refractivity contribution is -0.122. The summed E-state index contributed by atoms with van der Waals surface area (Å²) in [6.45, 7) is 5.26. The minimum absolute atomic E-state index is 0.250. The topological polar surface area (TPSA) is 95.7 Å². The molecule has 1 N–H and O–H groups in total. The molecule has 0 bridgehead atoms. The van der Waals surface area contributed by atoms with Crippen LogP contribution in [-0.2, 0) is 17.8 Å². The molecule has 1 aromatic heterocycles. The van der Waals surface area contributed by atoms with Gasteiger partial charge in [0.2, 0.25) is 0 Å². The van der Waals surface area contributed by atoms with Crippen LogP contribution in [0.15, 0.2) is 18.2 Å². The third-order valence-corrected chi connectivity index (χ3v) is 4.54. The number of carbonyl (C=O) groups is 1. The second kappa shape index (κ2) is 8.90. The van der Waals surface area contributed by atoms with E-state index < -0.39 is 0 Å². The number of fused-ring (bicyclic) bond motifs is 1. The van der Waals surface area contributed by atoms with E-state index in [4.69, 9.17) is 19.4 Å². The van der Waals surface area contributed by atoms with Crippen molar-refractivity contribution in [1.29, 1.82) is 5.26 Å². The van der Waals surface area contributed by atoms with Crippen LogP contribution in [0.25, 0.3) is 0 Å². The van der Waals surface area contributed by atoms with Gasteiger partial charge in [0.15, 0.2) is 11.5 Å². The van der Waals surface area contributed by atoms with Crippen LogP contribution in [0.3, 0.4) is 0 Å². The van der Waals surface area contributed by atoms with Gasteiger partial charge in [-0.25, -0.2) is 4.98 Å². The van der Waals surface area contributed by atoms with E-state index in [0.717, 1.165) is 48.1 Å². The molecule has 0 saturated carbocycles. The summed E-state index contributed by atoms with van der Waals surface area (Å²) in [4.78, 5) is 15.2. The summed E-state index contributed by atoms with van der Waals surface area (Å²) >= 11 is 0. The van der Waals surface area contributed by atoms with Gasteiger partial charge in [0.05, 0.1) is 25.5 Å². The average molecular weight is 369 g/mol. The first-order chi connectivity index (χ1) is 13.0. The molecule has 3 rings (SSSR count). The molecular weight excluding hydrogens is 346 g/mol. The maximum atomic E-state index is 9.21. The molecule has 1 aliphatic rings. The highest BCUT2D eigenvalue weighted by atomic mass is 16.5. The lowest BCUT2D eigenvalue weighted by Crippen LogP contribution is -2.31. The van der Waals surface area contributed by atoms with Crippen molar-refractivity contribution in [3.63, 3.8) is 0 Å². The summed E-state index contributed by atoms with van der Waals surface area (Å²) in [6.07, 6.45) is 0.926. The Labute approximate surface area is 158 Å². The minimum Gasteiger partial charge on any atom is -0.493 e. The first kappa shape index (κ1) is 20.0. The molecular formula is C20H23N3O4. The number of ether oxygens (including phenoxy) is 2. The number of aromatic nitrogens is 1. The molecule has 27 heavy (non-hydrogen) atoms. The zero-order valence-corrected chi connectivity index (χ0v) is 15.9. The summed E-state index contributed by atoms with van der Waals surface area (Å²) in [5.41, 5.74) is 4.93. The van der Waals surface area contributed by atoms with Gasteiger partial charge in [0.25, 0.3) is 6.47 Å². The Morgan fingerprint density at radius 3 is 2.30 bits per heavy atom. The molecule has 1 aromatic carbocycles. The van der Waals surface area contributed by atoms with Gasteiger partial charge >= 0.3 is 0 Å². The van der Waals surface area contributed by atoms with E-state index in [2.05, 4.69) is 22.0 Å². The molecule has 0 spiro atoms. The van der Waals surface area contributed by atoms with Crippen molar-refractivity contribution in [2.45, 2.75) is 26.8 Å². The van der Waals surface area contributed by atoms with E-state index in [1.54, 1.807) is 14.2 Å². The van der Waals surface area contributed by atoms with Crippen LogP contribution >= 0.6 is 0 Å². The highest BCUT2D eigenvalue weighted by Gasteiger charge is 2.21. The number of pyridine rings is 1. The van der Waals surface area contributed by atoms with E-state index in [0.29, 0.717) is 5.56 Å². The molecule has 0 radical (unpaired) electrons. The first-order valence-electron chi connectivity index (χ1n) is 8.43. The molecule has 0 fully saturated rings. The van der Waals surface area contributed by atoms with Gasteiger partial charge < -0.3 is 19.5 Å². The number of rotatable bonds is 3. The molecule has 0 aliphatic carbocycles. The zero-order chi connectivity index (χ0) is 20.0. The lowest BCUT2D eigenvalue weighted by atomic mass is 9.98. The van der Waals surface area contributed by atoms with Crippen LogP contribution in [0, 0.1) is 25.2 Å². The van der Waals surface area contributed by atoms with Gasteiger partial charge in [-0.2, -0.15) is 5.26 Å². The molecule has 7 heteroatoms. The molecule has 1 aliphatic heterocycles. The molecule has 0 saturated heterocycles. The van der Waals surface area contributed by atoms with E-state index >= 15 is 0 Å². The maximum Gasteiger partial charge on any atom is 0.290 e. The first-order valence-corrected chi connectivity index (χ1v) is 8.43. The smallest absolute Gasteiger partial charge is 0.290 e. The van der Waals surface area contributed by atoms with Gasteiger partial charge in [0.1, 0.15) is 11.9 Å². The Morgan fingerprint density at radius 1 is 1.19 bits per heavy atom. The fraction of sp³-hybridized carbons (Fsp3) is 0.350. The predicted molar refractivity (Wildman–Crippen MR) is 101 cm³/mol. The van der Waals surface area contributed by atoms with Crippen molar-refractivity contribution in [3.05, 3.63) is 46.1 Å². The summed E-state index contributed by atoms with van der Waals surface area (Å²) in [5.74, 6) is 2.44. The average Bonchev–Trinajstić information content (AvgIpc) is 2.66. The highest BCUT2D eigenvalue weighted by Crippen LogP contribution is 2.34. The SMILES string of the molecule is COc1cc2c(cc1OC)CN(c1cc(C)c(C#N)c(C)n1)CC2.O=CO. The van der Waals surface area contributed by atoms with E-state index in [9.17, 15) is 5.26 Å². The number of aryl methyl sites for hydroxylation is 2. The molecule has 2 heterocycles. The van der Waals surface area contributed by atoms with E-state index in [-0.39, 0.29) is 6.47 Å². The van der Waals surface area contributed by atoms with Crippen LogP contribution in [0.5, 0.6) is 11.5 Å². The van der Waals surface area contributed by atoms with Crippen molar-refractivity contribution in [3.8, 4) is 17.6 Å². The Hall–Kier alpha value is -3.27. The van der Waals surface area contributed by atoms with Gasteiger partial charge in [-0.15, -0.1) is 0 Å². The van der Waals surface area contributed by atoms with Crippen LogP contribution < -0.4 is 14.4 Å². The van der Waals surface area contributed by atoms with Crippen molar-refractivity contribution in [2.24, 2.45) is 0 Å². The van der Waals surface area contributed by atoms with Crippen LogP contribution in [0.4, 0.5) is 5.82 Å². The third-order valence-electron chi connectivity index (χ3n) is 4.54. The number of hydrogen-bond donors (Lipinski definition) is 1. The predicted octanol–water partition coefficient (Wildman–Crippen LogP) is 2.85. The summed E-state index contributed by atoms with van der Waals surface area (Å²) in [6, 6.07) is 8.33. The Bertz CT molecular complexity index is 851. The van der Waals surface area contributed by atoms with Gasteiger partial charge in [-0.05, 0) is 55.2 Å². The Balaban J connectivity index is 0.000000817. The number of nitriles is 1. The molecule has 2 aromatic rings. The van der Waals surface area contributed by atoms with Crippen molar-refractivity contribution >= 4 is 12.3 Å². The molecule has 0 unspecified atom stereocenters. The number of carboxylic acid groups (broad SMARTS) is 1. The summed E-state index contributed by atoms with van der Waals surface area (Å²) in [7, 11) is 3.31. The largest absolute Gasteiger partial charge is 0.493 e. The number of methoxy groups -OCH3 is 2. The quantitative estimate of drug-likeness (QED) is 0.831. The van der Waals surface area contributed by atoms with Crippen LogP contribution in [0.2, 0.25) is 0 Å². The fourth-order valence-corrected chi connectivity index (χ4v) is 3.22. The normalized spacial score (nSPS) is 12.2. The van der Waals surface area contributed by atoms with Crippen molar-refractivity contribution in [1.82, 2.24) is 4.98 Å². The highest BCUT2D eigenvalue weighted by molar-refractivity contribution is 5.54. The Kier molecular flexibility index (Phi) is 6.61. The number of nitrogens with zero attached hydrogens (tertiary/aromatic N) is 3. The fourth-order valence-electron chi connectivity index (χ4n) is 3.22. The minimum atomic E-state index is -0.250. The van der Waals surface area contributed by atoms with Crippen LogP contribution in [-0.4, -0.2) is 37.3 Å². The third kappa shape index (κ3) is 4.29. The molecule has 142 valence electrons. The molecule has 0 amide bonds. The van der Waals surface area contributed by atoms with Gasteiger partial charge in [-0.1, -0.05) is 0 Å². The second-order valence-corrected chi connectivity index (χ2v) is 6.12. The van der Waals surface area contributed by atoms with E-state index in [1.807, 2.05) is 26.0 Å². The summed E-state index contributed by atoms with van der Waals surface area (Å²) in [5, 5.41) is 16.1. The number of hydrogen-bond acceptors (Lipinski definition) is 6. The summed E-state index contributed by atoms with van der Waals surface area (Å²) < 4.78 is 10.8. The van der Waals surface area contributed by atoms with Gasteiger partial charge in [0, 0.05) is 13.1 Å². The standard InChI is InChI=1S/C19H21N3O2.CH2O2/c1-12-7-19(21-13(2)16(12)10-20)22-6-5-14-8-17(23-3)18(24-4)9-15(14)11-22;2-1-3/h7-9H,5-6,11H2,1-4H3;1H,(H,2,3). The lowest BCUT2D eigenvalue weighted by Gasteiger charge is -2.31. The van der Waals surface area contributed by atoms with Crippen LogP contribution in [0.1, 0.15) is 27.9 Å². The zero-order valence-electron chi connectivity index (χ0n) is 15.9. The molecule has 0 atom stereocenters. The number of benzene rings is 1. The second-order valence-electron chi connectivity index (χ2n) is 6.12. The van der Waals surface area contributed by atoms with Gasteiger partial charge in [-0.3, -0.25) is 4.79 Å². The Morgan fingerprint density at radius 2 is 1.78 bits per heavy atom. The van der Waals surface area contributed by atoms with E-state index in [1.165, 1.54) is 11.1 Å². The maximum absolute atomic E-state index is 9.21. The van der Waals surface area contributed by atoms with Crippen molar-refractivity contribution < 1.29 is 19.4 Å². The monoisotopic (exact) mass is 369 g/mol. The number of anilines is 1.